The van der Waals surface area contributed by atoms with Crippen LogP contribution in [0.5, 0.6) is 0 Å². The van der Waals surface area contributed by atoms with Crippen LogP contribution in [0.4, 0.5) is 5.69 Å². The van der Waals surface area contributed by atoms with Crippen LogP contribution in [0.15, 0.2) is 83.8 Å². The Bertz CT molecular complexity index is 1400. The highest BCUT2D eigenvalue weighted by Crippen LogP contribution is 2.31. The second kappa shape index (κ2) is 12.7. The van der Waals surface area contributed by atoms with Crippen LogP contribution >= 0.6 is 11.6 Å². The number of rotatable bonds is 10. The first-order valence-corrected chi connectivity index (χ1v) is 14.6. The number of nitrogens with one attached hydrogen (secondary N) is 1. The fraction of sp³-hybridized carbons (Fsp3) is 0.333. The van der Waals surface area contributed by atoms with Crippen LogP contribution in [-0.2, 0) is 26.2 Å². The molecule has 39 heavy (non-hydrogen) atoms. The molecule has 9 heteroatoms. The van der Waals surface area contributed by atoms with Crippen molar-refractivity contribution in [3.8, 4) is 0 Å². The third-order valence-electron chi connectivity index (χ3n) is 6.22. The van der Waals surface area contributed by atoms with Crippen LogP contribution < -0.4 is 9.62 Å². The van der Waals surface area contributed by atoms with E-state index in [-0.39, 0.29) is 28.1 Å². The minimum Gasteiger partial charge on any atom is -0.350 e. The molecule has 3 rings (SSSR count). The summed E-state index contributed by atoms with van der Waals surface area (Å²) in [6, 6.07) is 21.2. The Morgan fingerprint density at radius 3 is 2.10 bits per heavy atom. The van der Waals surface area contributed by atoms with Crippen LogP contribution in [0.1, 0.15) is 45.2 Å². The van der Waals surface area contributed by atoms with Crippen molar-refractivity contribution in [3.63, 3.8) is 0 Å². The Balaban J connectivity index is 2.09. The summed E-state index contributed by atoms with van der Waals surface area (Å²) in [4.78, 5) is 29.0. The molecule has 1 atom stereocenters. The van der Waals surface area contributed by atoms with E-state index in [1.807, 2.05) is 58.9 Å². The number of carbonyl (C=O) groups is 2. The van der Waals surface area contributed by atoms with E-state index in [0.717, 1.165) is 15.4 Å². The average molecular weight is 570 g/mol. The molecule has 0 unspecified atom stereocenters. The van der Waals surface area contributed by atoms with Gasteiger partial charge in [0, 0.05) is 12.1 Å². The molecule has 0 bridgehead atoms. The van der Waals surface area contributed by atoms with E-state index < -0.39 is 34.1 Å². The molecule has 0 aliphatic carbocycles. The summed E-state index contributed by atoms with van der Waals surface area (Å²) >= 11 is 6.44. The molecule has 0 aromatic heterocycles. The molecule has 0 fully saturated rings. The van der Waals surface area contributed by atoms with Crippen LogP contribution in [0.25, 0.3) is 0 Å². The Morgan fingerprint density at radius 1 is 0.923 bits per heavy atom. The van der Waals surface area contributed by atoms with Crippen molar-refractivity contribution in [3.05, 3.63) is 95.0 Å². The minimum atomic E-state index is -4.17. The molecule has 208 valence electrons. The lowest BCUT2D eigenvalue weighted by atomic mass is 10.0. The predicted molar refractivity (Wildman–Crippen MR) is 156 cm³/mol. The summed E-state index contributed by atoms with van der Waals surface area (Å²) in [5, 5.41) is 3.16. The number of halogens is 1. The number of aryl methyl sites for hydroxylation is 1. The minimum absolute atomic E-state index is 0.0284. The summed E-state index contributed by atoms with van der Waals surface area (Å²) < 4.78 is 28.7. The molecule has 3 aromatic rings. The number of amides is 2. The second-order valence-electron chi connectivity index (χ2n) is 10.4. The van der Waals surface area contributed by atoms with E-state index in [2.05, 4.69) is 5.32 Å². The van der Waals surface area contributed by atoms with Crippen LogP contribution in [-0.4, -0.2) is 43.3 Å². The first kappa shape index (κ1) is 30.2. The zero-order valence-electron chi connectivity index (χ0n) is 23.0. The average Bonchev–Trinajstić information content (AvgIpc) is 2.88. The largest absolute Gasteiger partial charge is 0.350 e. The molecule has 0 aliphatic heterocycles. The fourth-order valence-electron chi connectivity index (χ4n) is 4.23. The SMILES string of the molecule is CC[C@@H](C(=O)NC(C)(C)C)N(Cc1ccccc1C)C(=O)CN(c1ccccc1Cl)S(=O)(=O)c1ccccc1. The third kappa shape index (κ3) is 7.61. The van der Waals surface area contributed by atoms with Gasteiger partial charge in [-0.2, -0.15) is 0 Å². The summed E-state index contributed by atoms with van der Waals surface area (Å²) in [6.07, 6.45) is 0.344. The molecule has 1 N–H and O–H groups in total. The summed E-state index contributed by atoms with van der Waals surface area (Å²) in [6.45, 7) is 8.99. The van der Waals surface area contributed by atoms with Gasteiger partial charge in [0.25, 0.3) is 10.0 Å². The predicted octanol–water partition coefficient (Wildman–Crippen LogP) is 5.57. The lowest BCUT2D eigenvalue weighted by Crippen LogP contribution is -2.55. The number of hydrogen-bond donors (Lipinski definition) is 1. The van der Waals surface area contributed by atoms with Gasteiger partial charge >= 0.3 is 0 Å². The number of carbonyl (C=O) groups excluding carboxylic acids is 2. The fourth-order valence-corrected chi connectivity index (χ4v) is 5.97. The number of nitrogens with zero attached hydrogens (tertiary/aromatic N) is 2. The van der Waals surface area contributed by atoms with Gasteiger partial charge in [0.1, 0.15) is 12.6 Å². The van der Waals surface area contributed by atoms with Crippen molar-refractivity contribution >= 4 is 39.1 Å². The normalized spacial score (nSPS) is 12.5. The van der Waals surface area contributed by atoms with Crippen molar-refractivity contribution < 1.29 is 18.0 Å². The summed E-state index contributed by atoms with van der Waals surface area (Å²) in [7, 11) is -4.17. The Morgan fingerprint density at radius 2 is 1.51 bits per heavy atom. The molecule has 0 heterocycles. The van der Waals surface area contributed by atoms with Crippen LogP contribution in [0.3, 0.4) is 0 Å². The molecule has 0 radical (unpaired) electrons. The molecule has 0 aliphatic rings. The van der Waals surface area contributed by atoms with Gasteiger partial charge in [-0.3, -0.25) is 13.9 Å². The van der Waals surface area contributed by atoms with Crippen molar-refractivity contribution in [1.82, 2.24) is 10.2 Å². The van der Waals surface area contributed by atoms with Gasteiger partial charge in [0.2, 0.25) is 11.8 Å². The van der Waals surface area contributed by atoms with Crippen molar-refractivity contribution in [1.29, 1.82) is 0 Å². The van der Waals surface area contributed by atoms with E-state index >= 15 is 0 Å². The van der Waals surface area contributed by atoms with Gasteiger partial charge in [-0.25, -0.2) is 8.42 Å². The molecule has 3 aromatic carbocycles. The number of benzene rings is 3. The number of hydrogen-bond acceptors (Lipinski definition) is 4. The standard InChI is InChI=1S/C30H36ClN3O4S/c1-6-26(29(36)32-30(3,4)5)33(20-23-15-11-10-14-22(23)2)28(35)21-34(27-19-13-12-18-25(27)31)39(37,38)24-16-8-7-9-17-24/h7-19,26H,6,20-21H2,1-5H3,(H,32,36)/t26-/m0/s1. The number of anilines is 1. The van der Waals surface area contributed by atoms with E-state index in [1.54, 1.807) is 42.5 Å². The molecule has 7 nitrogen and oxygen atoms in total. The van der Waals surface area contributed by atoms with Gasteiger partial charge in [-0.05, 0) is 69.5 Å². The van der Waals surface area contributed by atoms with Crippen molar-refractivity contribution in [2.75, 3.05) is 10.8 Å². The Hall–Kier alpha value is -3.36. The maximum atomic E-state index is 14.1. The maximum Gasteiger partial charge on any atom is 0.264 e. The Kier molecular flexibility index (Phi) is 9.80. The number of sulfonamides is 1. The summed E-state index contributed by atoms with van der Waals surface area (Å²) in [5.41, 5.74) is 1.49. The van der Waals surface area contributed by atoms with Crippen molar-refractivity contribution in [2.24, 2.45) is 0 Å². The van der Waals surface area contributed by atoms with E-state index in [4.69, 9.17) is 11.6 Å². The monoisotopic (exact) mass is 569 g/mol. The van der Waals surface area contributed by atoms with Crippen molar-refractivity contribution in [2.45, 2.75) is 64.1 Å². The zero-order valence-corrected chi connectivity index (χ0v) is 24.6. The highest BCUT2D eigenvalue weighted by atomic mass is 35.5. The van der Waals surface area contributed by atoms with Gasteiger partial charge in [-0.1, -0.05) is 73.1 Å². The second-order valence-corrected chi connectivity index (χ2v) is 12.7. The third-order valence-corrected chi connectivity index (χ3v) is 8.31. The number of para-hydroxylation sites is 1. The lowest BCUT2D eigenvalue weighted by molar-refractivity contribution is -0.141. The van der Waals surface area contributed by atoms with Gasteiger partial charge in [-0.15, -0.1) is 0 Å². The first-order valence-electron chi connectivity index (χ1n) is 12.8. The highest BCUT2D eigenvalue weighted by molar-refractivity contribution is 7.92. The quantitative estimate of drug-likeness (QED) is 0.346. The van der Waals surface area contributed by atoms with Crippen LogP contribution in [0.2, 0.25) is 5.02 Å². The molecule has 0 saturated carbocycles. The first-order chi connectivity index (χ1) is 18.3. The maximum absolute atomic E-state index is 14.1. The molecular weight excluding hydrogens is 534 g/mol. The van der Waals surface area contributed by atoms with E-state index in [9.17, 15) is 18.0 Å². The molecule has 0 saturated heterocycles. The van der Waals surface area contributed by atoms with Crippen LogP contribution in [0, 0.1) is 6.92 Å². The van der Waals surface area contributed by atoms with E-state index in [0.29, 0.717) is 6.42 Å². The topological polar surface area (TPSA) is 86.8 Å². The van der Waals surface area contributed by atoms with Gasteiger partial charge < -0.3 is 10.2 Å². The molecular formula is C30H36ClN3O4S. The lowest BCUT2D eigenvalue weighted by Gasteiger charge is -2.35. The highest BCUT2D eigenvalue weighted by Gasteiger charge is 2.35. The Labute approximate surface area is 236 Å². The van der Waals surface area contributed by atoms with E-state index in [1.165, 1.54) is 17.0 Å². The summed E-state index contributed by atoms with van der Waals surface area (Å²) in [5.74, 6) is -0.823. The molecule has 2 amide bonds. The van der Waals surface area contributed by atoms with Gasteiger partial charge in [0.05, 0.1) is 15.6 Å². The smallest absolute Gasteiger partial charge is 0.264 e. The van der Waals surface area contributed by atoms with Gasteiger partial charge in [0.15, 0.2) is 0 Å². The molecule has 0 spiro atoms. The zero-order chi connectivity index (χ0) is 28.8.